The average molecular weight is 572 g/mol. The van der Waals surface area contributed by atoms with E-state index in [2.05, 4.69) is 41.6 Å². The standard InChI is InChI=1S/C31H45N3O7/c1-20(22-13-9-6-10-14-22)34(3)18-23-15-16-25(35)30(40-23)41-29-24(17-26(38-4)27(32-2)28(29)36)33-31(37)39-19-21-11-7-5-8-12-21/h5-14,20,23-30,32,35-36H,15-19H2,1-4H3,(H,33,37)/t20-,23+,24+,25+,26+,27-,28-,29-,30-/m1/s1. The van der Waals surface area contributed by atoms with Gasteiger partial charge in [0.05, 0.1) is 24.3 Å². The number of rotatable bonds is 11. The fourth-order valence-electron chi connectivity index (χ4n) is 5.74. The van der Waals surface area contributed by atoms with Crippen LogP contribution in [0.1, 0.15) is 43.4 Å². The van der Waals surface area contributed by atoms with Crippen LogP contribution in [-0.2, 0) is 25.6 Å². The van der Waals surface area contributed by atoms with E-state index in [0.29, 0.717) is 25.8 Å². The van der Waals surface area contributed by atoms with Crippen molar-refractivity contribution in [1.82, 2.24) is 15.5 Å². The van der Waals surface area contributed by atoms with E-state index in [1.54, 1.807) is 14.2 Å². The lowest BCUT2D eigenvalue weighted by atomic mass is 9.83. The number of alkyl carbamates (subject to hydrolysis) is 1. The molecule has 4 rings (SSSR count). The van der Waals surface area contributed by atoms with Crippen molar-refractivity contribution < 1.29 is 34.0 Å². The number of carbonyl (C=O) groups is 1. The van der Waals surface area contributed by atoms with E-state index >= 15 is 0 Å². The summed E-state index contributed by atoms with van der Waals surface area (Å²) in [5.74, 6) is 0. The summed E-state index contributed by atoms with van der Waals surface area (Å²) in [4.78, 5) is 15.0. The van der Waals surface area contributed by atoms with Gasteiger partial charge < -0.3 is 39.8 Å². The Morgan fingerprint density at radius 2 is 1.78 bits per heavy atom. The molecular weight excluding hydrogens is 526 g/mol. The predicted molar refractivity (Wildman–Crippen MR) is 154 cm³/mol. The van der Waals surface area contributed by atoms with E-state index < -0.39 is 42.8 Å². The van der Waals surface area contributed by atoms with Crippen LogP contribution < -0.4 is 10.6 Å². The van der Waals surface area contributed by atoms with E-state index in [0.717, 1.165) is 5.56 Å². The first-order chi connectivity index (χ1) is 19.8. The van der Waals surface area contributed by atoms with Crippen molar-refractivity contribution in [3.8, 4) is 0 Å². The van der Waals surface area contributed by atoms with Crippen molar-refractivity contribution in [2.75, 3.05) is 27.7 Å². The van der Waals surface area contributed by atoms with Gasteiger partial charge in [-0.1, -0.05) is 60.7 Å². The van der Waals surface area contributed by atoms with Crippen molar-refractivity contribution in [2.45, 2.75) is 87.7 Å². The van der Waals surface area contributed by atoms with Crippen LogP contribution in [0.5, 0.6) is 0 Å². The molecule has 2 aliphatic rings. The van der Waals surface area contributed by atoms with Gasteiger partial charge in [-0.2, -0.15) is 0 Å². The van der Waals surface area contributed by atoms with Crippen LogP contribution in [0.3, 0.4) is 0 Å². The third-order valence-electron chi connectivity index (χ3n) is 8.29. The summed E-state index contributed by atoms with van der Waals surface area (Å²) in [7, 11) is 5.36. The molecule has 0 spiro atoms. The van der Waals surface area contributed by atoms with Gasteiger partial charge in [-0.15, -0.1) is 0 Å². The molecule has 41 heavy (non-hydrogen) atoms. The van der Waals surface area contributed by atoms with Gasteiger partial charge in [-0.05, 0) is 51.4 Å². The second-order valence-corrected chi connectivity index (χ2v) is 11.0. The second kappa shape index (κ2) is 15.1. The zero-order valence-electron chi connectivity index (χ0n) is 24.4. The SMILES string of the molecule is CN[C@H]1[C@@H](O)[C@H](O[C@H]2O[C@H](CN(C)[C@H](C)c3ccccc3)CC[C@@H]2O)[C@@H](NC(=O)OCc2ccccc2)C[C@@H]1OC. The summed E-state index contributed by atoms with van der Waals surface area (Å²) in [5, 5.41) is 28.1. The van der Waals surface area contributed by atoms with Crippen LogP contribution in [-0.4, -0.2) is 97.8 Å². The van der Waals surface area contributed by atoms with Crippen molar-refractivity contribution >= 4 is 6.09 Å². The van der Waals surface area contributed by atoms with Gasteiger partial charge >= 0.3 is 6.09 Å². The number of nitrogens with zero attached hydrogens (tertiary/aromatic N) is 1. The molecule has 2 aromatic rings. The molecule has 0 radical (unpaired) electrons. The number of aliphatic hydroxyl groups is 2. The first-order valence-electron chi connectivity index (χ1n) is 14.4. The number of aliphatic hydroxyl groups excluding tert-OH is 2. The Bertz CT molecular complexity index is 1060. The molecule has 1 aliphatic heterocycles. The molecule has 1 amide bonds. The Kier molecular flexibility index (Phi) is 11.5. The molecule has 0 aromatic heterocycles. The van der Waals surface area contributed by atoms with Gasteiger partial charge in [-0.3, -0.25) is 4.90 Å². The lowest BCUT2D eigenvalue weighted by Gasteiger charge is -2.46. The number of methoxy groups -OCH3 is 1. The number of carbonyl (C=O) groups excluding carboxylic acids is 1. The molecule has 0 unspecified atom stereocenters. The van der Waals surface area contributed by atoms with Gasteiger partial charge in [0, 0.05) is 19.7 Å². The normalized spacial score (nSPS) is 31.0. The highest BCUT2D eigenvalue weighted by molar-refractivity contribution is 5.67. The maximum Gasteiger partial charge on any atom is 0.407 e. The number of amides is 1. The molecule has 1 heterocycles. The van der Waals surface area contributed by atoms with Crippen LogP contribution in [0.25, 0.3) is 0 Å². The maximum absolute atomic E-state index is 12.8. The molecule has 10 heteroatoms. The Morgan fingerprint density at radius 1 is 1.10 bits per heavy atom. The highest BCUT2D eigenvalue weighted by Gasteiger charge is 2.47. The van der Waals surface area contributed by atoms with Crippen LogP contribution in [0.2, 0.25) is 0 Å². The minimum atomic E-state index is -1.05. The Hall–Kier alpha value is -2.57. The summed E-state index contributed by atoms with van der Waals surface area (Å²) in [6.45, 7) is 2.91. The molecular formula is C31H45N3O7. The van der Waals surface area contributed by atoms with Gasteiger partial charge in [0.25, 0.3) is 0 Å². The number of hydrogen-bond acceptors (Lipinski definition) is 9. The van der Waals surface area contributed by atoms with Gasteiger partial charge in [0.15, 0.2) is 6.29 Å². The first-order valence-corrected chi connectivity index (χ1v) is 14.4. The van der Waals surface area contributed by atoms with Crippen LogP contribution in [0.15, 0.2) is 60.7 Å². The lowest BCUT2D eigenvalue weighted by Crippen LogP contribution is -2.66. The van der Waals surface area contributed by atoms with Crippen LogP contribution in [0, 0.1) is 0 Å². The molecule has 9 atom stereocenters. The highest BCUT2D eigenvalue weighted by Crippen LogP contribution is 2.30. The average Bonchev–Trinajstić information content (AvgIpc) is 2.99. The zero-order valence-corrected chi connectivity index (χ0v) is 24.4. The summed E-state index contributed by atoms with van der Waals surface area (Å²) in [6.07, 6.45) is -3.38. The van der Waals surface area contributed by atoms with E-state index in [1.807, 2.05) is 48.5 Å². The van der Waals surface area contributed by atoms with Crippen molar-refractivity contribution in [3.05, 3.63) is 71.8 Å². The highest BCUT2D eigenvalue weighted by atomic mass is 16.7. The fourth-order valence-corrected chi connectivity index (χ4v) is 5.74. The molecule has 226 valence electrons. The quantitative estimate of drug-likeness (QED) is 0.322. The van der Waals surface area contributed by atoms with E-state index in [9.17, 15) is 15.0 Å². The Morgan fingerprint density at radius 3 is 2.44 bits per heavy atom. The molecule has 2 aromatic carbocycles. The summed E-state index contributed by atoms with van der Waals surface area (Å²) in [5.41, 5.74) is 2.07. The number of likely N-dealkylation sites (N-methyl/N-ethyl adjacent to an activating group) is 2. The van der Waals surface area contributed by atoms with E-state index in [1.165, 1.54) is 5.56 Å². The van der Waals surface area contributed by atoms with Crippen LogP contribution >= 0.6 is 0 Å². The molecule has 2 fully saturated rings. The maximum atomic E-state index is 12.8. The Balaban J connectivity index is 1.41. The molecule has 10 nitrogen and oxygen atoms in total. The third kappa shape index (κ3) is 8.26. The zero-order chi connectivity index (χ0) is 29.4. The summed E-state index contributed by atoms with van der Waals surface area (Å²) < 4.78 is 23.6. The fraction of sp³-hybridized carbons (Fsp3) is 0.581. The smallest absolute Gasteiger partial charge is 0.407 e. The monoisotopic (exact) mass is 571 g/mol. The third-order valence-corrected chi connectivity index (χ3v) is 8.29. The summed E-state index contributed by atoms with van der Waals surface area (Å²) in [6, 6.07) is 18.8. The lowest BCUT2D eigenvalue weighted by molar-refractivity contribution is -0.280. The first kappa shape index (κ1) is 31.4. The number of hydrogen-bond donors (Lipinski definition) is 4. The number of nitrogens with one attached hydrogen (secondary N) is 2. The number of benzene rings is 2. The number of ether oxygens (including phenoxy) is 4. The Labute approximate surface area is 242 Å². The van der Waals surface area contributed by atoms with Crippen molar-refractivity contribution in [1.29, 1.82) is 0 Å². The molecule has 0 bridgehead atoms. The molecule has 1 saturated carbocycles. The molecule has 4 N–H and O–H groups in total. The molecule has 1 aliphatic carbocycles. The molecule has 1 saturated heterocycles. The minimum Gasteiger partial charge on any atom is -0.445 e. The van der Waals surface area contributed by atoms with Gasteiger partial charge in [0.2, 0.25) is 0 Å². The summed E-state index contributed by atoms with van der Waals surface area (Å²) >= 11 is 0. The van der Waals surface area contributed by atoms with Crippen LogP contribution in [0.4, 0.5) is 4.79 Å². The topological polar surface area (TPSA) is 122 Å². The van der Waals surface area contributed by atoms with Gasteiger partial charge in [-0.25, -0.2) is 4.79 Å². The van der Waals surface area contributed by atoms with E-state index in [-0.39, 0.29) is 24.9 Å². The van der Waals surface area contributed by atoms with Crippen molar-refractivity contribution in [2.24, 2.45) is 0 Å². The van der Waals surface area contributed by atoms with Crippen molar-refractivity contribution in [3.63, 3.8) is 0 Å². The second-order valence-electron chi connectivity index (χ2n) is 11.0. The predicted octanol–water partition coefficient (Wildman–Crippen LogP) is 2.59. The minimum absolute atomic E-state index is 0.112. The van der Waals surface area contributed by atoms with E-state index in [4.69, 9.17) is 18.9 Å². The van der Waals surface area contributed by atoms with Gasteiger partial charge in [0.1, 0.15) is 24.9 Å². The largest absolute Gasteiger partial charge is 0.445 e.